The van der Waals surface area contributed by atoms with Crippen molar-refractivity contribution in [3.63, 3.8) is 0 Å². The van der Waals surface area contributed by atoms with Gasteiger partial charge in [-0.05, 0) is 23.6 Å². The molecule has 1 aromatic heterocycles. The molecule has 0 spiro atoms. The van der Waals surface area contributed by atoms with Crippen molar-refractivity contribution in [3.8, 4) is 5.75 Å². The van der Waals surface area contributed by atoms with Gasteiger partial charge >= 0.3 is 0 Å². The molecule has 0 unspecified atom stereocenters. The topological polar surface area (TPSA) is 13.1 Å². The summed E-state index contributed by atoms with van der Waals surface area (Å²) in [7, 11) is 1.71. The van der Waals surface area contributed by atoms with E-state index >= 15 is 0 Å². The van der Waals surface area contributed by atoms with Crippen molar-refractivity contribution in [3.05, 3.63) is 72.6 Å². The fourth-order valence-electron chi connectivity index (χ4n) is 2.31. The SMILES string of the molecule is COc1ccccc1C[n+]1ccc2ccccc2c1. The van der Waals surface area contributed by atoms with Gasteiger partial charge in [-0.25, -0.2) is 4.57 Å². The summed E-state index contributed by atoms with van der Waals surface area (Å²) in [6, 6.07) is 18.7. The molecule has 0 aliphatic rings. The number of fused-ring (bicyclic) bond motifs is 1. The summed E-state index contributed by atoms with van der Waals surface area (Å²) in [5.41, 5.74) is 1.19. The second-order valence-electron chi connectivity index (χ2n) is 4.56. The molecule has 2 aromatic carbocycles. The van der Waals surface area contributed by atoms with E-state index < -0.39 is 0 Å². The first-order chi connectivity index (χ1) is 9.36. The van der Waals surface area contributed by atoms with E-state index in [9.17, 15) is 0 Å². The number of methoxy groups -OCH3 is 1. The van der Waals surface area contributed by atoms with Gasteiger partial charge in [0.15, 0.2) is 18.9 Å². The molecule has 3 rings (SSSR count). The van der Waals surface area contributed by atoms with E-state index in [1.54, 1.807) is 7.11 Å². The molecule has 2 nitrogen and oxygen atoms in total. The fourth-order valence-corrected chi connectivity index (χ4v) is 2.31. The second-order valence-corrected chi connectivity index (χ2v) is 4.56. The van der Waals surface area contributed by atoms with E-state index in [1.807, 2.05) is 18.2 Å². The van der Waals surface area contributed by atoms with E-state index in [4.69, 9.17) is 4.74 Å². The number of aromatic nitrogens is 1. The zero-order valence-corrected chi connectivity index (χ0v) is 10.9. The highest BCUT2D eigenvalue weighted by Gasteiger charge is 2.08. The number of hydrogen-bond acceptors (Lipinski definition) is 1. The number of pyridine rings is 1. The minimum atomic E-state index is 0.814. The standard InChI is InChI=1S/C17H16NO/c1-19-17-9-5-4-8-16(17)13-18-11-10-14-6-2-3-7-15(14)12-18/h2-12H,13H2,1H3/q+1. The van der Waals surface area contributed by atoms with Crippen LogP contribution in [-0.4, -0.2) is 7.11 Å². The molecular formula is C17H16NO+. The van der Waals surface area contributed by atoms with Crippen LogP contribution in [0.5, 0.6) is 5.75 Å². The van der Waals surface area contributed by atoms with Crippen LogP contribution in [0, 0.1) is 0 Å². The third-order valence-corrected chi connectivity index (χ3v) is 3.29. The summed E-state index contributed by atoms with van der Waals surface area (Å²) in [6.45, 7) is 0.814. The smallest absolute Gasteiger partial charge is 0.177 e. The van der Waals surface area contributed by atoms with Gasteiger partial charge in [0.25, 0.3) is 0 Å². The van der Waals surface area contributed by atoms with Gasteiger partial charge in [0.1, 0.15) is 5.75 Å². The molecular weight excluding hydrogens is 234 g/mol. The van der Waals surface area contributed by atoms with Crippen molar-refractivity contribution in [1.29, 1.82) is 0 Å². The van der Waals surface area contributed by atoms with E-state index in [2.05, 4.69) is 53.4 Å². The molecule has 0 saturated heterocycles. The van der Waals surface area contributed by atoms with Crippen molar-refractivity contribution in [1.82, 2.24) is 0 Å². The maximum atomic E-state index is 5.39. The Bertz CT molecular complexity index is 706. The molecule has 0 N–H and O–H groups in total. The Hall–Kier alpha value is -2.35. The highest BCUT2D eigenvalue weighted by atomic mass is 16.5. The van der Waals surface area contributed by atoms with Gasteiger partial charge < -0.3 is 4.74 Å². The lowest BCUT2D eigenvalue weighted by Crippen LogP contribution is -2.33. The number of benzene rings is 2. The van der Waals surface area contributed by atoms with Gasteiger partial charge in [-0.15, -0.1) is 0 Å². The van der Waals surface area contributed by atoms with Crippen LogP contribution in [0.2, 0.25) is 0 Å². The lowest BCUT2D eigenvalue weighted by molar-refractivity contribution is -0.687. The lowest BCUT2D eigenvalue weighted by Gasteiger charge is -2.05. The number of hydrogen-bond donors (Lipinski definition) is 0. The molecule has 0 amide bonds. The summed E-state index contributed by atoms with van der Waals surface area (Å²) in [6.07, 6.45) is 4.27. The summed E-state index contributed by atoms with van der Waals surface area (Å²) < 4.78 is 7.57. The van der Waals surface area contributed by atoms with Crippen molar-refractivity contribution in [2.75, 3.05) is 7.11 Å². The van der Waals surface area contributed by atoms with Gasteiger partial charge in [0.2, 0.25) is 0 Å². The number of para-hydroxylation sites is 1. The maximum Gasteiger partial charge on any atom is 0.177 e. The van der Waals surface area contributed by atoms with Gasteiger partial charge in [-0.2, -0.15) is 0 Å². The third kappa shape index (κ3) is 2.43. The molecule has 94 valence electrons. The van der Waals surface area contributed by atoms with Crippen LogP contribution in [0.25, 0.3) is 10.8 Å². The molecule has 0 aliphatic carbocycles. The van der Waals surface area contributed by atoms with E-state index in [0.717, 1.165) is 12.3 Å². The molecule has 0 aliphatic heterocycles. The normalized spacial score (nSPS) is 10.6. The van der Waals surface area contributed by atoms with Crippen LogP contribution in [0.4, 0.5) is 0 Å². The predicted molar refractivity (Wildman–Crippen MR) is 76.2 cm³/mol. The zero-order chi connectivity index (χ0) is 13.1. The quantitative estimate of drug-likeness (QED) is 0.651. The molecule has 0 saturated carbocycles. The number of rotatable bonds is 3. The third-order valence-electron chi connectivity index (χ3n) is 3.29. The Morgan fingerprint density at radius 2 is 1.63 bits per heavy atom. The first-order valence-electron chi connectivity index (χ1n) is 6.36. The molecule has 3 aromatic rings. The summed E-state index contributed by atoms with van der Waals surface area (Å²) in [5.74, 6) is 0.933. The van der Waals surface area contributed by atoms with Gasteiger partial charge in [-0.3, -0.25) is 0 Å². The van der Waals surface area contributed by atoms with E-state index in [1.165, 1.54) is 16.3 Å². The van der Waals surface area contributed by atoms with Gasteiger partial charge in [0.05, 0.1) is 12.7 Å². The zero-order valence-electron chi connectivity index (χ0n) is 10.9. The lowest BCUT2D eigenvalue weighted by atomic mass is 10.1. The van der Waals surface area contributed by atoms with Crippen molar-refractivity contribution < 1.29 is 9.30 Å². The largest absolute Gasteiger partial charge is 0.496 e. The molecule has 0 atom stereocenters. The van der Waals surface area contributed by atoms with Crippen LogP contribution >= 0.6 is 0 Å². The highest BCUT2D eigenvalue weighted by molar-refractivity contribution is 5.80. The van der Waals surface area contributed by atoms with Crippen LogP contribution in [0.1, 0.15) is 5.56 Å². The first-order valence-corrected chi connectivity index (χ1v) is 6.36. The predicted octanol–water partition coefficient (Wildman–Crippen LogP) is 3.18. The Balaban J connectivity index is 1.96. The average molecular weight is 250 g/mol. The fraction of sp³-hybridized carbons (Fsp3) is 0.118. The molecule has 1 heterocycles. The minimum absolute atomic E-state index is 0.814. The molecule has 0 bridgehead atoms. The van der Waals surface area contributed by atoms with E-state index in [0.29, 0.717) is 0 Å². The number of ether oxygens (including phenoxy) is 1. The summed E-state index contributed by atoms with van der Waals surface area (Å²) >= 11 is 0. The molecule has 19 heavy (non-hydrogen) atoms. The second kappa shape index (κ2) is 5.11. The highest BCUT2D eigenvalue weighted by Crippen LogP contribution is 2.17. The molecule has 0 radical (unpaired) electrons. The van der Waals surface area contributed by atoms with Crippen molar-refractivity contribution in [2.45, 2.75) is 6.54 Å². The average Bonchev–Trinajstić information content (AvgIpc) is 2.48. The molecule has 2 heteroatoms. The van der Waals surface area contributed by atoms with Gasteiger partial charge in [-0.1, -0.05) is 30.3 Å². The Morgan fingerprint density at radius 1 is 0.895 bits per heavy atom. The van der Waals surface area contributed by atoms with Crippen LogP contribution in [-0.2, 0) is 6.54 Å². The Kier molecular flexibility index (Phi) is 3.15. The molecule has 0 fully saturated rings. The van der Waals surface area contributed by atoms with Gasteiger partial charge in [0, 0.05) is 11.5 Å². The minimum Gasteiger partial charge on any atom is -0.496 e. The monoisotopic (exact) mass is 250 g/mol. The summed E-state index contributed by atoms with van der Waals surface area (Å²) in [4.78, 5) is 0. The van der Waals surface area contributed by atoms with Crippen molar-refractivity contribution >= 4 is 10.8 Å². The van der Waals surface area contributed by atoms with E-state index in [-0.39, 0.29) is 0 Å². The first kappa shape index (κ1) is 11.7. The maximum absolute atomic E-state index is 5.39. The van der Waals surface area contributed by atoms with Crippen LogP contribution < -0.4 is 9.30 Å². The van der Waals surface area contributed by atoms with Crippen molar-refractivity contribution in [2.24, 2.45) is 0 Å². The number of nitrogens with zero attached hydrogens (tertiary/aromatic N) is 1. The Labute approximate surface area is 112 Å². The summed E-state index contributed by atoms with van der Waals surface area (Å²) in [5, 5.41) is 2.51. The van der Waals surface area contributed by atoms with Crippen LogP contribution in [0.3, 0.4) is 0 Å². The Morgan fingerprint density at radius 3 is 2.47 bits per heavy atom. The van der Waals surface area contributed by atoms with Crippen LogP contribution in [0.15, 0.2) is 67.0 Å².